The summed E-state index contributed by atoms with van der Waals surface area (Å²) in [6.45, 7) is 0.277. The summed E-state index contributed by atoms with van der Waals surface area (Å²) in [6.07, 6.45) is 4.21. The summed E-state index contributed by atoms with van der Waals surface area (Å²) in [5.74, 6) is -0.519. The van der Waals surface area contributed by atoms with Crippen LogP contribution < -0.4 is 5.32 Å². The predicted octanol–water partition coefficient (Wildman–Crippen LogP) is 3.36. The number of carbonyl (C=O) groups is 1. The summed E-state index contributed by atoms with van der Waals surface area (Å²) in [5.41, 5.74) is 0.438. The van der Waals surface area contributed by atoms with Gasteiger partial charge in [0.1, 0.15) is 5.82 Å². The average Bonchev–Trinajstić information content (AvgIpc) is 3.10. The molecule has 0 saturated heterocycles. The van der Waals surface area contributed by atoms with Gasteiger partial charge in [-0.15, -0.1) is 0 Å². The number of benzene rings is 2. The van der Waals surface area contributed by atoms with Crippen molar-refractivity contribution in [2.24, 2.45) is 0 Å². The minimum atomic E-state index is -3.24. The summed E-state index contributed by atoms with van der Waals surface area (Å²) in [7, 11) is -3.24. The Morgan fingerprint density at radius 2 is 1.69 bits per heavy atom. The lowest BCUT2D eigenvalue weighted by Crippen LogP contribution is -2.42. The maximum atomic E-state index is 14.3. The van der Waals surface area contributed by atoms with Crippen molar-refractivity contribution in [2.45, 2.75) is 42.5 Å². The molecule has 2 aromatic carbocycles. The topological polar surface area (TPSA) is 63.2 Å². The minimum Gasteiger partial charge on any atom is -0.351 e. The first-order chi connectivity index (χ1) is 12.3. The average molecular weight is 375 g/mol. The lowest BCUT2D eigenvalue weighted by atomic mass is 9.77. The SMILES string of the molecule is CS(=O)(=O)c1ccc(CNC(=O)C2(c3ccccc3F)CCCC2)cc1. The standard InChI is InChI=1S/C20H22FNO3S/c1-26(24,25)16-10-8-15(9-11-16)14-22-19(23)20(12-4-5-13-20)17-6-2-3-7-18(17)21/h2-3,6-11H,4-5,12-14H2,1H3,(H,22,23). The van der Waals surface area contributed by atoms with Gasteiger partial charge in [-0.1, -0.05) is 43.2 Å². The Labute approximate surface area is 153 Å². The van der Waals surface area contributed by atoms with Gasteiger partial charge < -0.3 is 5.32 Å². The van der Waals surface area contributed by atoms with E-state index in [2.05, 4.69) is 5.32 Å². The first kappa shape index (κ1) is 18.6. The second-order valence-corrected chi connectivity index (χ2v) is 8.88. The number of rotatable bonds is 5. The van der Waals surface area contributed by atoms with Crippen molar-refractivity contribution in [1.82, 2.24) is 5.32 Å². The zero-order valence-corrected chi connectivity index (χ0v) is 15.5. The minimum absolute atomic E-state index is 0.174. The van der Waals surface area contributed by atoms with Crippen LogP contribution in [0.2, 0.25) is 0 Å². The molecule has 3 rings (SSSR count). The molecule has 0 aromatic heterocycles. The molecule has 1 saturated carbocycles. The second kappa shape index (κ2) is 7.19. The first-order valence-corrected chi connectivity index (χ1v) is 10.5. The molecule has 0 bridgehead atoms. The van der Waals surface area contributed by atoms with E-state index in [1.165, 1.54) is 18.2 Å². The van der Waals surface area contributed by atoms with Crippen molar-refractivity contribution in [1.29, 1.82) is 0 Å². The highest BCUT2D eigenvalue weighted by Gasteiger charge is 2.44. The van der Waals surface area contributed by atoms with Gasteiger partial charge in [0, 0.05) is 18.4 Å². The van der Waals surface area contributed by atoms with Gasteiger partial charge in [0.05, 0.1) is 10.3 Å². The van der Waals surface area contributed by atoms with E-state index < -0.39 is 15.3 Å². The number of amides is 1. The quantitative estimate of drug-likeness (QED) is 0.872. The number of hydrogen-bond acceptors (Lipinski definition) is 3. The molecule has 6 heteroatoms. The van der Waals surface area contributed by atoms with Gasteiger partial charge >= 0.3 is 0 Å². The van der Waals surface area contributed by atoms with E-state index in [1.54, 1.807) is 30.3 Å². The third-order valence-electron chi connectivity index (χ3n) is 5.09. The van der Waals surface area contributed by atoms with E-state index in [1.807, 2.05) is 0 Å². The molecule has 0 spiro atoms. The van der Waals surface area contributed by atoms with Crippen molar-refractivity contribution >= 4 is 15.7 Å². The Morgan fingerprint density at radius 3 is 2.27 bits per heavy atom. The monoisotopic (exact) mass is 375 g/mol. The fraction of sp³-hybridized carbons (Fsp3) is 0.350. The van der Waals surface area contributed by atoms with E-state index in [9.17, 15) is 17.6 Å². The van der Waals surface area contributed by atoms with Crippen LogP contribution in [0, 0.1) is 5.82 Å². The summed E-state index contributed by atoms with van der Waals surface area (Å²) in [4.78, 5) is 13.2. The number of hydrogen-bond donors (Lipinski definition) is 1. The highest BCUT2D eigenvalue weighted by molar-refractivity contribution is 7.90. The summed E-state index contributed by atoms with van der Waals surface area (Å²) in [5, 5.41) is 2.91. The van der Waals surface area contributed by atoms with Crippen LogP contribution in [0.25, 0.3) is 0 Å². The summed E-state index contributed by atoms with van der Waals surface area (Å²) < 4.78 is 37.3. The molecule has 1 amide bonds. The molecule has 0 heterocycles. The molecule has 1 N–H and O–H groups in total. The third-order valence-corrected chi connectivity index (χ3v) is 6.21. The molecule has 0 radical (unpaired) electrons. The molecule has 138 valence electrons. The molecule has 0 atom stereocenters. The maximum Gasteiger partial charge on any atom is 0.231 e. The molecule has 1 aliphatic rings. The van der Waals surface area contributed by atoms with Crippen LogP contribution in [-0.4, -0.2) is 20.6 Å². The zero-order chi connectivity index (χ0) is 18.8. The fourth-order valence-electron chi connectivity index (χ4n) is 3.65. The van der Waals surface area contributed by atoms with E-state index in [-0.39, 0.29) is 23.2 Å². The lowest BCUT2D eigenvalue weighted by Gasteiger charge is -2.28. The van der Waals surface area contributed by atoms with Crippen LogP contribution in [0.15, 0.2) is 53.4 Å². The van der Waals surface area contributed by atoms with Crippen LogP contribution >= 0.6 is 0 Å². The van der Waals surface area contributed by atoms with E-state index in [0.29, 0.717) is 18.4 Å². The van der Waals surface area contributed by atoms with Crippen LogP contribution in [-0.2, 0) is 26.6 Å². The zero-order valence-electron chi connectivity index (χ0n) is 14.7. The highest BCUT2D eigenvalue weighted by atomic mass is 32.2. The molecular formula is C20H22FNO3S. The maximum absolute atomic E-state index is 14.3. The van der Waals surface area contributed by atoms with Crippen molar-refractivity contribution < 1.29 is 17.6 Å². The van der Waals surface area contributed by atoms with E-state index >= 15 is 0 Å². The Morgan fingerprint density at radius 1 is 1.08 bits per heavy atom. The summed E-state index contributed by atoms with van der Waals surface area (Å²) >= 11 is 0. The number of carbonyl (C=O) groups excluding carboxylic acids is 1. The molecule has 0 unspecified atom stereocenters. The molecular weight excluding hydrogens is 353 g/mol. The summed E-state index contributed by atoms with van der Waals surface area (Å²) in [6, 6.07) is 12.9. The largest absolute Gasteiger partial charge is 0.351 e. The smallest absolute Gasteiger partial charge is 0.231 e. The molecule has 2 aromatic rings. The molecule has 1 fully saturated rings. The van der Waals surface area contributed by atoms with Crippen LogP contribution in [0.3, 0.4) is 0 Å². The molecule has 1 aliphatic carbocycles. The third kappa shape index (κ3) is 3.65. The lowest BCUT2D eigenvalue weighted by molar-refractivity contribution is -0.126. The molecule has 26 heavy (non-hydrogen) atoms. The van der Waals surface area contributed by atoms with Gasteiger partial charge in [0.15, 0.2) is 9.84 Å². The number of nitrogens with one attached hydrogen (secondary N) is 1. The van der Waals surface area contributed by atoms with Crippen LogP contribution in [0.5, 0.6) is 0 Å². The van der Waals surface area contributed by atoms with Gasteiger partial charge in [0.25, 0.3) is 0 Å². The Kier molecular flexibility index (Phi) is 5.14. The van der Waals surface area contributed by atoms with Gasteiger partial charge in [-0.25, -0.2) is 12.8 Å². The van der Waals surface area contributed by atoms with Gasteiger partial charge in [-0.2, -0.15) is 0 Å². The van der Waals surface area contributed by atoms with Crippen molar-refractivity contribution in [3.05, 3.63) is 65.5 Å². The Bertz CT molecular complexity index is 901. The molecule has 4 nitrogen and oxygen atoms in total. The van der Waals surface area contributed by atoms with E-state index in [0.717, 1.165) is 24.7 Å². The van der Waals surface area contributed by atoms with Gasteiger partial charge in [0.2, 0.25) is 5.91 Å². The van der Waals surface area contributed by atoms with Gasteiger partial charge in [-0.05, 0) is 36.6 Å². The normalized spacial score (nSPS) is 16.4. The van der Waals surface area contributed by atoms with E-state index in [4.69, 9.17) is 0 Å². The highest BCUT2D eigenvalue weighted by Crippen LogP contribution is 2.42. The van der Waals surface area contributed by atoms with Crippen molar-refractivity contribution in [3.8, 4) is 0 Å². The van der Waals surface area contributed by atoms with Crippen LogP contribution in [0.1, 0.15) is 36.8 Å². The molecule has 0 aliphatic heterocycles. The second-order valence-electron chi connectivity index (χ2n) is 6.87. The fourth-order valence-corrected chi connectivity index (χ4v) is 4.28. The van der Waals surface area contributed by atoms with Crippen molar-refractivity contribution in [2.75, 3.05) is 6.26 Å². The Hall–Kier alpha value is -2.21. The number of sulfone groups is 1. The number of halogens is 1. The Balaban J connectivity index is 1.77. The van der Waals surface area contributed by atoms with Crippen molar-refractivity contribution in [3.63, 3.8) is 0 Å². The van der Waals surface area contributed by atoms with Crippen LogP contribution in [0.4, 0.5) is 4.39 Å². The van der Waals surface area contributed by atoms with Gasteiger partial charge in [-0.3, -0.25) is 4.79 Å². The predicted molar refractivity (Wildman–Crippen MR) is 97.9 cm³/mol. The first-order valence-electron chi connectivity index (χ1n) is 8.65.